The van der Waals surface area contributed by atoms with Gasteiger partial charge in [-0.15, -0.1) is 6.58 Å². The monoisotopic (exact) mass is 920 g/mol. The highest BCUT2D eigenvalue weighted by Crippen LogP contribution is 2.47. The molecule has 2 N–H and O–H groups in total. The van der Waals surface area contributed by atoms with E-state index in [-0.39, 0.29) is 31.4 Å². The van der Waals surface area contributed by atoms with E-state index in [1.165, 1.54) is 11.9 Å². The Morgan fingerprint density at radius 1 is 1.05 bits per heavy atom. The lowest BCUT2D eigenvalue weighted by Gasteiger charge is -2.36. The van der Waals surface area contributed by atoms with Gasteiger partial charge in [0.15, 0.2) is 0 Å². The maximum atomic E-state index is 15.0. The van der Waals surface area contributed by atoms with Crippen molar-refractivity contribution in [2.45, 2.75) is 139 Å². The van der Waals surface area contributed by atoms with Crippen LogP contribution in [0.2, 0.25) is 0 Å². The summed E-state index contributed by atoms with van der Waals surface area (Å²) in [5.41, 5.74) is -0.844. The first-order valence-corrected chi connectivity index (χ1v) is 25.4. The second kappa shape index (κ2) is 19.4. The predicted molar refractivity (Wildman–Crippen MR) is 244 cm³/mol. The van der Waals surface area contributed by atoms with Gasteiger partial charge < -0.3 is 34.5 Å². The molecule has 5 fully saturated rings. The first-order valence-electron chi connectivity index (χ1n) is 23.9. The summed E-state index contributed by atoms with van der Waals surface area (Å²) < 4.78 is 52.5. The topological polar surface area (TPSA) is 186 Å². The number of likely N-dealkylation sites (N-methyl/N-ethyl adjacent to an activating group) is 1. The SMILES string of the molecule is C=C[C@@H]1C[C@]1(NC(=O)[C@@H]1C[C@@H]2CN1C(=O)[C@H](C(C)(C)C)NC(=O)O[C@@H]1CCCC1CCCCCc1c(nc3ccccc3c1OCCCN1CCOCC1)O2)C(=O)N(C)S(=O)(=O)C1CC1. The van der Waals surface area contributed by atoms with Crippen molar-refractivity contribution in [1.82, 2.24) is 29.7 Å². The summed E-state index contributed by atoms with van der Waals surface area (Å²) in [6, 6.07) is 5.58. The minimum atomic E-state index is -3.92. The number of sulfonamides is 1. The fraction of sp³-hybridized carbons (Fsp3) is 0.688. The highest BCUT2D eigenvalue weighted by atomic mass is 32.2. The van der Waals surface area contributed by atoms with Gasteiger partial charge in [-0.3, -0.25) is 19.3 Å². The van der Waals surface area contributed by atoms with E-state index in [2.05, 4.69) is 22.1 Å². The van der Waals surface area contributed by atoms with Crippen LogP contribution in [0.3, 0.4) is 0 Å². The van der Waals surface area contributed by atoms with Gasteiger partial charge in [-0.05, 0) is 87.7 Å². The van der Waals surface area contributed by atoms with Crippen molar-refractivity contribution in [3.05, 3.63) is 42.5 Å². The molecule has 17 heteroatoms. The first kappa shape index (κ1) is 47.0. The third-order valence-electron chi connectivity index (χ3n) is 14.4. The molecule has 0 spiro atoms. The number of hydrogen-bond acceptors (Lipinski definition) is 12. The van der Waals surface area contributed by atoms with Gasteiger partial charge in [0.05, 0.1) is 42.7 Å². The van der Waals surface area contributed by atoms with Crippen molar-refractivity contribution >= 4 is 44.7 Å². The largest absolute Gasteiger partial charge is 0.492 e. The van der Waals surface area contributed by atoms with Crippen molar-refractivity contribution in [2.24, 2.45) is 17.3 Å². The lowest BCUT2D eigenvalue weighted by atomic mass is 9.85. The average Bonchev–Trinajstić information content (AvgIpc) is 4.18. The van der Waals surface area contributed by atoms with Crippen LogP contribution in [0.25, 0.3) is 10.9 Å². The second-order valence-electron chi connectivity index (χ2n) is 20.1. The second-order valence-corrected chi connectivity index (χ2v) is 22.3. The number of pyridine rings is 1. The molecule has 1 aromatic heterocycles. The summed E-state index contributed by atoms with van der Waals surface area (Å²) >= 11 is 0. The Bertz CT molecular complexity index is 2220. The maximum absolute atomic E-state index is 15.0. The number of nitrogens with zero attached hydrogens (tertiary/aromatic N) is 4. The summed E-state index contributed by atoms with van der Waals surface area (Å²) in [6.45, 7) is 14.0. The van der Waals surface area contributed by atoms with Crippen molar-refractivity contribution in [3.63, 3.8) is 0 Å². The van der Waals surface area contributed by atoms with Gasteiger partial charge >= 0.3 is 6.09 Å². The molecule has 8 rings (SSSR count). The van der Waals surface area contributed by atoms with E-state index < -0.39 is 74.1 Å². The fourth-order valence-electron chi connectivity index (χ4n) is 10.3. The highest BCUT2D eigenvalue weighted by Gasteiger charge is 2.63. The molecule has 2 aromatic rings. The Balaban J connectivity index is 1.13. The molecule has 1 unspecified atom stereocenters. The molecule has 3 saturated carbocycles. The number of rotatable bonds is 11. The molecule has 0 radical (unpaired) electrons. The summed E-state index contributed by atoms with van der Waals surface area (Å²) in [6.07, 6.45) is 8.72. The van der Waals surface area contributed by atoms with Gasteiger partial charge in [0.25, 0.3) is 5.91 Å². The number of para-hydroxylation sites is 1. The number of alkyl carbamates (subject to hydrolysis) is 1. The molecule has 16 nitrogen and oxygen atoms in total. The van der Waals surface area contributed by atoms with E-state index in [1.54, 1.807) is 6.08 Å². The van der Waals surface area contributed by atoms with Gasteiger partial charge in [0.2, 0.25) is 27.7 Å². The third-order valence-corrected chi connectivity index (χ3v) is 16.6. The Hall–Kier alpha value is -4.48. The molecule has 6 aliphatic rings. The van der Waals surface area contributed by atoms with Gasteiger partial charge in [-0.1, -0.05) is 51.8 Å². The molecule has 4 heterocycles. The molecular formula is C48H68N6O10S. The van der Waals surface area contributed by atoms with E-state index in [0.717, 1.165) is 105 Å². The van der Waals surface area contributed by atoms with Crippen LogP contribution in [0.5, 0.6) is 11.6 Å². The first-order chi connectivity index (χ1) is 31.1. The summed E-state index contributed by atoms with van der Waals surface area (Å²) in [4.78, 5) is 66.5. The summed E-state index contributed by atoms with van der Waals surface area (Å²) in [7, 11) is -2.68. The maximum Gasteiger partial charge on any atom is 0.408 e. The predicted octanol–water partition coefficient (Wildman–Crippen LogP) is 5.12. The van der Waals surface area contributed by atoms with Crippen LogP contribution >= 0.6 is 0 Å². The number of morpholine rings is 1. The van der Waals surface area contributed by atoms with Crippen LogP contribution in [-0.4, -0.2) is 139 Å². The Morgan fingerprint density at radius 3 is 2.52 bits per heavy atom. The summed E-state index contributed by atoms with van der Waals surface area (Å²) in [5, 5.41) is 6.06. The number of aromatic nitrogens is 1. The van der Waals surface area contributed by atoms with Crippen LogP contribution < -0.4 is 20.1 Å². The number of carbonyl (C=O) groups excluding carboxylic acids is 4. The van der Waals surface area contributed by atoms with Gasteiger partial charge in [0, 0.05) is 44.4 Å². The molecule has 3 aliphatic carbocycles. The number of hydrogen-bond donors (Lipinski definition) is 2. The van der Waals surface area contributed by atoms with Gasteiger partial charge in [0.1, 0.15) is 35.6 Å². The number of benzene rings is 1. The Morgan fingerprint density at radius 2 is 1.80 bits per heavy atom. The minimum Gasteiger partial charge on any atom is -0.492 e. The summed E-state index contributed by atoms with van der Waals surface area (Å²) in [5.74, 6) is -1.10. The lowest BCUT2D eigenvalue weighted by molar-refractivity contribution is -0.143. The van der Waals surface area contributed by atoms with Crippen molar-refractivity contribution in [2.75, 3.05) is 53.0 Å². The van der Waals surface area contributed by atoms with Gasteiger partial charge in [-0.2, -0.15) is 0 Å². The highest BCUT2D eigenvalue weighted by molar-refractivity contribution is 7.90. The molecule has 356 valence electrons. The average molecular weight is 921 g/mol. The Kier molecular flexibility index (Phi) is 14.0. The number of amides is 4. The number of carbonyl (C=O) groups is 4. The zero-order chi connectivity index (χ0) is 46.1. The van der Waals surface area contributed by atoms with E-state index in [4.69, 9.17) is 23.9 Å². The third kappa shape index (κ3) is 10.3. The van der Waals surface area contributed by atoms with E-state index >= 15 is 4.79 Å². The number of nitrogens with one attached hydrogen (secondary N) is 2. The number of ether oxygens (including phenoxy) is 4. The molecule has 2 saturated heterocycles. The molecule has 3 aliphatic heterocycles. The molecule has 7 atom stereocenters. The Labute approximate surface area is 383 Å². The van der Waals surface area contributed by atoms with Crippen LogP contribution in [-0.2, 0) is 40.3 Å². The zero-order valence-electron chi connectivity index (χ0n) is 38.6. The fourth-order valence-corrected chi connectivity index (χ4v) is 11.9. The van der Waals surface area contributed by atoms with Crippen molar-refractivity contribution in [3.8, 4) is 11.6 Å². The quantitative estimate of drug-likeness (QED) is 0.224. The van der Waals surface area contributed by atoms with Crippen LogP contribution in [0.4, 0.5) is 4.79 Å². The molecule has 1 aromatic carbocycles. The van der Waals surface area contributed by atoms with Crippen LogP contribution in [0, 0.1) is 17.3 Å². The molecule has 4 amide bonds. The van der Waals surface area contributed by atoms with E-state index in [9.17, 15) is 22.8 Å². The normalized spacial score (nSPS) is 29.3. The van der Waals surface area contributed by atoms with E-state index in [1.807, 2.05) is 45.0 Å². The lowest BCUT2D eigenvalue weighted by Crippen LogP contribution is -2.60. The molecule has 65 heavy (non-hydrogen) atoms. The smallest absolute Gasteiger partial charge is 0.408 e. The standard InChI is InChI=1S/C48H68N6O10S/c1-6-32-29-48(32,45(57)52(5)65(59,60)34-20-21-34)51-42(55)38-28-33-30-54(38)44(56)41(47(2,3)4)50-46(58)64-39-19-12-15-31(39)14-8-7-9-17-36-40(62-25-13-22-53-23-26-61-27-24-53)35-16-10-11-18-37(35)49-43(36)63-33/h6,10-11,16,18,31-34,38-39,41H,1,7-9,12-15,17,19-30H2,2-5H3,(H,50,58)(H,51,55)/t31?,32-,33-,38+,39-,41-,48-/m1/s1. The zero-order valence-corrected chi connectivity index (χ0v) is 39.4. The van der Waals surface area contributed by atoms with Crippen LogP contribution in [0.15, 0.2) is 36.9 Å². The van der Waals surface area contributed by atoms with Crippen molar-refractivity contribution < 1.29 is 46.5 Å². The molecule has 2 bridgehead atoms. The van der Waals surface area contributed by atoms with Gasteiger partial charge in [-0.25, -0.2) is 22.5 Å². The number of fused-ring (bicyclic) bond motifs is 5. The van der Waals surface area contributed by atoms with E-state index in [0.29, 0.717) is 37.3 Å². The molecular weight excluding hydrogens is 853 g/mol. The van der Waals surface area contributed by atoms with Crippen LogP contribution in [0.1, 0.15) is 103 Å². The van der Waals surface area contributed by atoms with Crippen molar-refractivity contribution in [1.29, 1.82) is 0 Å². The minimum absolute atomic E-state index is 0.0313.